The maximum absolute atomic E-state index is 13.5. The van der Waals surface area contributed by atoms with Crippen molar-refractivity contribution in [3.05, 3.63) is 156 Å². The highest BCUT2D eigenvalue weighted by Crippen LogP contribution is 2.48. The van der Waals surface area contributed by atoms with Crippen LogP contribution in [-0.4, -0.2) is 18.6 Å². The van der Waals surface area contributed by atoms with Gasteiger partial charge in [-0.05, 0) is 70.9 Å². The van der Waals surface area contributed by atoms with Crippen LogP contribution in [0.5, 0.6) is 11.5 Å². The Morgan fingerprint density at radius 1 is 0.635 bits per heavy atom. The van der Waals surface area contributed by atoms with Crippen LogP contribution in [0.25, 0.3) is 54.6 Å². The minimum Gasteiger partial charge on any atom is -0.457 e. The van der Waals surface area contributed by atoms with E-state index in [1.807, 2.05) is 146 Å². The van der Waals surface area contributed by atoms with E-state index in [4.69, 9.17) is 22.2 Å². The lowest BCUT2D eigenvalue weighted by Gasteiger charge is -2.19. The Balaban J connectivity index is 0.000000231. The molecule has 0 saturated heterocycles. The fourth-order valence-corrected chi connectivity index (χ4v) is 7.31. The lowest BCUT2D eigenvalue weighted by atomic mass is 9.90. The van der Waals surface area contributed by atoms with Gasteiger partial charge in [-0.1, -0.05) is 121 Å². The van der Waals surface area contributed by atoms with E-state index in [9.17, 15) is 4.79 Å². The molecule has 0 unspecified atom stereocenters. The summed E-state index contributed by atoms with van der Waals surface area (Å²) in [5.41, 5.74) is 5.76. The number of hydrogen-bond acceptors (Lipinski definition) is 6. The van der Waals surface area contributed by atoms with E-state index in [2.05, 4.69) is 12.6 Å². The summed E-state index contributed by atoms with van der Waals surface area (Å²) in [4.78, 5) is 13.5. The van der Waals surface area contributed by atoms with Gasteiger partial charge in [0.15, 0.2) is 5.75 Å². The number of esters is 1. The minimum absolute atomic E-state index is 0.0288. The molecule has 0 spiro atoms. The van der Waals surface area contributed by atoms with Gasteiger partial charge >= 0.3 is 5.97 Å². The second kappa shape index (κ2) is 16.1. The van der Waals surface area contributed by atoms with Gasteiger partial charge in [0.05, 0.1) is 0 Å². The van der Waals surface area contributed by atoms with Crippen molar-refractivity contribution in [2.45, 2.75) is 13.5 Å². The number of carbonyl (C=O) groups excluding carboxylic acids is 1. The quantitative estimate of drug-likeness (QED) is 0.114. The molecule has 1 aromatic heterocycles. The SMILES string of the molecule is C=POc1ccc2ccccc2c1-c1c(OP=C)c(C(=O)OCc2ccc(C)cc2)cc2ccccc12.c1ccc2c(c1)o[pH]oc1ccccc12. The largest absolute Gasteiger partial charge is 0.457 e. The van der Waals surface area contributed by atoms with Crippen molar-refractivity contribution in [3.8, 4) is 22.6 Å². The number of ether oxygens (including phenoxy) is 1. The molecule has 0 fully saturated rings. The van der Waals surface area contributed by atoms with E-state index >= 15 is 0 Å². The van der Waals surface area contributed by atoms with Gasteiger partial charge in [0.25, 0.3) is 0 Å². The predicted octanol–water partition coefficient (Wildman–Crippen LogP) is 13.0. The highest BCUT2D eigenvalue weighted by atomic mass is 31.1. The number of benzene rings is 7. The van der Waals surface area contributed by atoms with Crippen LogP contribution in [0.1, 0.15) is 21.5 Å². The van der Waals surface area contributed by atoms with Gasteiger partial charge in [-0.3, -0.25) is 0 Å². The van der Waals surface area contributed by atoms with Crippen molar-refractivity contribution < 1.29 is 27.0 Å². The fraction of sp³-hybridized carbons (Fsp3) is 0.0465. The van der Waals surface area contributed by atoms with Crippen LogP contribution in [0.4, 0.5) is 0 Å². The first-order chi connectivity index (χ1) is 25.6. The first-order valence-corrected chi connectivity index (χ1v) is 19.2. The number of carbonyl (C=O) groups is 1. The Morgan fingerprint density at radius 3 is 1.83 bits per heavy atom. The van der Waals surface area contributed by atoms with Gasteiger partial charge in [-0.25, -0.2) is 4.79 Å². The van der Waals surface area contributed by atoms with Crippen LogP contribution >= 0.6 is 25.5 Å². The van der Waals surface area contributed by atoms with Crippen molar-refractivity contribution in [2.75, 3.05) is 0 Å². The number of aryl methyl sites for hydroxylation is 1. The molecule has 0 aliphatic rings. The van der Waals surface area contributed by atoms with Gasteiger partial charge in [-0.15, -0.1) is 0 Å². The number of hydrogen-bond donors (Lipinski definition) is 0. The van der Waals surface area contributed by atoms with Crippen LogP contribution in [0.3, 0.4) is 0 Å². The van der Waals surface area contributed by atoms with E-state index in [1.165, 1.54) is 0 Å². The molecule has 0 atom stereocenters. The minimum atomic E-state index is -0.468. The van der Waals surface area contributed by atoms with Crippen molar-refractivity contribution in [2.24, 2.45) is 0 Å². The Kier molecular flexibility index (Phi) is 10.8. The Morgan fingerprint density at radius 2 is 1.19 bits per heavy atom. The molecule has 0 bridgehead atoms. The van der Waals surface area contributed by atoms with Crippen molar-refractivity contribution in [1.82, 2.24) is 0 Å². The fourth-order valence-electron chi connectivity index (χ4n) is 6.12. The zero-order valence-corrected chi connectivity index (χ0v) is 31.0. The Labute approximate surface area is 305 Å². The number of fused-ring (bicyclic) bond motifs is 5. The molecule has 52 heavy (non-hydrogen) atoms. The topological polar surface area (TPSA) is 71.0 Å². The first-order valence-electron chi connectivity index (χ1n) is 16.4. The highest BCUT2D eigenvalue weighted by molar-refractivity contribution is 7.31. The molecule has 0 aliphatic carbocycles. The van der Waals surface area contributed by atoms with Gasteiger partial charge in [-0.2, -0.15) is 0 Å². The van der Waals surface area contributed by atoms with Gasteiger partial charge in [0.1, 0.15) is 45.9 Å². The first kappa shape index (κ1) is 34.8. The molecular formula is C43H33O6P3. The zero-order valence-electron chi connectivity index (χ0n) is 28.2. The standard InChI is InChI=1S/C31H24O4P2.C12H9O2P/c1-20-12-14-21(15-13-20)19-33-31(32)26-18-23-9-5-7-11-25(23)29(30(26)35-37-3)28-24-10-6-4-8-22(24)16-17-27(28)34-36-2;1-3-7-11-9(5-1)10-6-2-4-8-12(10)14-15-13-11/h4-18H,2-3,19H2,1H3;1-8,15H. The third kappa shape index (κ3) is 7.38. The summed E-state index contributed by atoms with van der Waals surface area (Å²) in [6, 6.07) is 45.6. The van der Waals surface area contributed by atoms with Crippen LogP contribution in [0.15, 0.2) is 148 Å². The summed E-state index contributed by atoms with van der Waals surface area (Å²) < 4.78 is 28.9. The monoisotopic (exact) mass is 738 g/mol. The summed E-state index contributed by atoms with van der Waals surface area (Å²) in [5.74, 6) is 0.590. The molecule has 7 aromatic carbocycles. The molecule has 0 N–H and O–H groups in total. The third-order valence-corrected chi connectivity index (χ3v) is 9.78. The number of rotatable bonds is 8. The van der Waals surface area contributed by atoms with E-state index in [-0.39, 0.29) is 15.3 Å². The Bertz CT molecular complexity index is 2560. The molecule has 0 aliphatic heterocycles. The average molecular weight is 739 g/mol. The molecule has 9 heteroatoms. The van der Waals surface area contributed by atoms with Crippen LogP contribution in [0, 0.1) is 6.92 Å². The molecule has 6 nitrogen and oxygen atoms in total. The van der Waals surface area contributed by atoms with E-state index in [0.717, 1.165) is 65.7 Å². The maximum Gasteiger partial charge on any atom is 0.342 e. The second-order valence-corrected chi connectivity index (χ2v) is 13.2. The highest BCUT2D eigenvalue weighted by Gasteiger charge is 2.25. The summed E-state index contributed by atoms with van der Waals surface area (Å²) >= 11 is 0. The van der Waals surface area contributed by atoms with Gasteiger partial charge in [0.2, 0.25) is 8.67 Å². The molecule has 0 amide bonds. The summed E-state index contributed by atoms with van der Waals surface area (Å²) in [6.07, 6.45) is 7.73. The summed E-state index contributed by atoms with van der Waals surface area (Å²) in [5, 5.41) is 6.03. The van der Waals surface area contributed by atoms with E-state index in [0.29, 0.717) is 33.9 Å². The van der Waals surface area contributed by atoms with Gasteiger partial charge in [0, 0.05) is 21.9 Å². The van der Waals surface area contributed by atoms with E-state index < -0.39 is 5.97 Å². The van der Waals surface area contributed by atoms with Crippen LogP contribution < -0.4 is 9.05 Å². The third-order valence-electron chi connectivity index (χ3n) is 8.54. The van der Waals surface area contributed by atoms with Crippen molar-refractivity contribution >= 4 is 87.6 Å². The smallest absolute Gasteiger partial charge is 0.342 e. The summed E-state index contributed by atoms with van der Waals surface area (Å²) in [6.45, 7) is 2.18. The van der Waals surface area contributed by atoms with Crippen molar-refractivity contribution in [1.29, 1.82) is 0 Å². The molecule has 0 saturated carbocycles. The molecule has 8 rings (SSSR count). The lowest BCUT2D eigenvalue weighted by molar-refractivity contribution is 0.0471. The predicted molar refractivity (Wildman–Crippen MR) is 220 cm³/mol. The van der Waals surface area contributed by atoms with Crippen molar-refractivity contribution in [3.63, 3.8) is 0 Å². The van der Waals surface area contributed by atoms with Crippen LogP contribution in [-0.2, 0) is 11.3 Å². The molecule has 256 valence electrons. The zero-order chi connectivity index (χ0) is 35.9. The summed E-state index contributed by atoms with van der Waals surface area (Å²) in [7, 11) is 0.940. The molecule has 0 radical (unpaired) electrons. The Hall–Kier alpha value is -5.63. The van der Waals surface area contributed by atoms with Crippen LogP contribution in [0.2, 0.25) is 0 Å². The molecule has 8 aromatic rings. The number of para-hydroxylation sites is 2. The molecular weight excluding hydrogens is 705 g/mol. The molecule has 1 heterocycles. The normalized spacial score (nSPS) is 11.0. The second-order valence-electron chi connectivity index (χ2n) is 11.8. The average Bonchev–Trinajstić information content (AvgIpc) is 3.37. The van der Waals surface area contributed by atoms with Gasteiger partial charge < -0.3 is 22.2 Å². The lowest BCUT2D eigenvalue weighted by Crippen LogP contribution is -2.08. The van der Waals surface area contributed by atoms with E-state index in [1.54, 1.807) is 0 Å². The maximum atomic E-state index is 13.5.